The Balaban J connectivity index is 1.52. The van der Waals surface area contributed by atoms with Gasteiger partial charge in [0, 0.05) is 22.7 Å². The molecule has 0 saturated carbocycles. The topological polar surface area (TPSA) is 89.1 Å². The smallest absolute Gasteiger partial charge is 0.272 e. The maximum Gasteiger partial charge on any atom is 0.272 e. The molecule has 2 aromatic heterocycles. The molecule has 2 atom stereocenters. The van der Waals surface area contributed by atoms with E-state index in [2.05, 4.69) is 20.5 Å². The average Bonchev–Trinajstić information content (AvgIpc) is 2.89. The van der Waals surface area contributed by atoms with Crippen LogP contribution in [-0.2, 0) is 0 Å². The molecule has 5 aromatic rings. The van der Waals surface area contributed by atoms with Crippen molar-refractivity contribution in [1.82, 2.24) is 15.2 Å². The number of fused-ring (bicyclic) bond motifs is 2. The standard InChI is InChI=1S/C27H19FN4O3/c28-15-12-18-23-20(13-15)30-25(14-5-6-21-22(11-14)35-10-9-34-21)24(26(23)31-32-27(18)33)17-7-8-29-19-4-2-1-3-16(17)19/h1-8,11-13,24-25,30H,9-10H2,(H,32,33). The summed E-state index contributed by atoms with van der Waals surface area (Å²) in [6.45, 7) is 0.981. The number of aromatic amines is 1. The number of pyridine rings is 1. The third-order valence-corrected chi connectivity index (χ3v) is 6.76. The van der Waals surface area contributed by atoms with E-state index in [9.17, 15) is 9.18 Å². The molecule has 0 bridgehead atoms. The largest absolute Gasteiger partial charge is 0.486 e. The molecule has 2 unspecified atom stereocenters. The van der Waals surface area contributed by atoms with Crippen molar-refractivity contribution in [2.75, 3.05) is 18.5 Å². The van der Waals surface area contributed by atoms with Gasteiger partial charge >= 0.3 is 0 Å². The van der Waals surface area contributed by atoms with E-state index in [-0.39, 0.29) is 17.3 Å². The monoisotopic (exact) mass is 466 g/mol. The van der Waals surface area contributed by atoms with Gasteiger partial charge in [-0.15, -0.1) is 0 Å². The van der Waals surface area contributed by atoms with Crippen LogP contribution >= 0.6 is 0 Å². The van der Waals surface area contributed by atoms with Crippen molar-refractivity contribution in [3.05, 3.63) is 99.9 Å². The molecular formula is C27H19FN4O3. The molecule has 2 N–H and O–H groups in total. The number of H-pyrrole nitrogens is 1. The number of aromatic nitrogens is 3. The first kappa shape index (κ1) is 20.0. The molecule has 2 aliphatic heterocycles. The van der Waals surface area contributed by atoms with Crippen LogP contribution in [0.3, 0.4) is 0 Å². The van der Waals surface area contributed by atoms with Gasteiger partial charge in [-0.3, -0.25) is 9.78 Å². The lowest BCUT2D eigenvalue weighted by atomic mass is 9.79. The molecule has 0 spiro atoms. The van der Waals surface area contributed by atoms with Crippen LogP contribution in [0, 0.1) is 5.82 Å². The normalized spacial score (nSPS) is 18.4. The number of hydrogen-bond donors (Lipinski definition) is 2. The van der Waals surface area contributed by atoms with Crippen LogP contribution in [0.4, 0.5) is 10.1 Å². The fourth-order valence-corrected chi connectivity index (χ4v) is 5.28. The number of nitrogens with one attached hydrogen (secondary N) is 2. The Morgan fingerprint density at radius 1 is 0.943 bits per heavy atom. The van der Waals surface area contributed by atoms with Crippen LogP contribution in [0.2, 0.25) is 0 Å². The second-order valence-electron chi connectivity index (χ2n) is 8.73. The van der Waals surface area contributed by atoms with E-state index in [0.29, 0.717) is 41.5 Å². The second kappa shape index (κ2) is 7.53. The lowest BCUT2D eigenvalue weighted by Gasteiger charge is -2.35. The van der Waals surface area contributed by atoms with E-state index in [1.165, 1.54) is 12.1 Å². The minimum atomic E-state index is -0.489. The lowest BCUT2D eigenvalue weighted by Crippen LogP contribution is -2.28. The molecule has 2 aliphatic rings. The van der Waals surface area contributed by atoms with Crippen molar-refractivity contribution in [2.24, 2.45) is 0 Å². The minimum Gasteiger partial charge on any atom is -0.486 e. The number of ether oxygens (including phenoxy) is 2. The fourth-order valence-electron chi connectivity index (χ4n) is 5.28. The summed E-state index contributed by atoms with van der Waals surface area (Å²) in [6.07, 6.45) is 1.78. The number of benzene rings is 3. The third-order valence-electron chi connectivity index (χ3n) is 6.76. The average molecular weight is 466 g/mol. The fraction of sp³-hybridized carbons (Fsp3) is 0.148. The summed E-state index contributed by atoms with van der Waals surface area (Å²) in [7, 11) is 0. The molecule has 7 nitrogen and oxygen atoms in total. The highest BCUT2D eigenvalue weighted by molar-refractivity contribution is 5.98. The molecule has 8 heteroatoms. The van der Waals surface area contributed by atoms with Crippen molar-refractivity contribution in [3.63, 3.8) is 0 Å². The molecule has 35 heavy (non-hydrogen) atoms. The summed E-state index contributed by atoms with van der Waals surface area (Å²) < 4.78 is 26.1. The first-order chi connectivity index (χ1) is 17.2. The van der Waals surface area contributed by atoms with Crippen LogP contribution in [0.15, 0.2) is 71.7 Å². The van der Waals surface area contributed by atoms with Crippen LogP contribution < -0.4 is 20.3 Å². The maximum absolute atomic E-state index is 14.5. The summed E-state index contributed by atoms with van der Waals surface area (Å²) in [4.78, 5) is 17.1. The molecule has 4 heterocycles. The molecular weight excluding hydrogens is 447 g/mol. The van der Waals surface area contributed by atoms with Crippen molar-refractivity contribution < 1.29 is 13.9 Å². The first-order valence-corrected chi connectivity index (χ1v) is 11.4. The quantitative estimate of drug-likeness (QED) is 0.393. The Morgan fingerprint density at radius 3 is 2.71 bits per heavy atom. The van der Waals surface area contributed by atoms with Gasteiger partial charge in [-0.1, -0.05) is 24.3 Å². The molecule has 172 valence electrons. The number of para-hydroxylation sites is 1. The van der Waals surface area contributed by atoms with Crippen molar-refractivity contribution >= 4 is 27.4 Å². The number of anilines is 1. The highest BCUT2D eigenvalue weighted by atomic mass is 19.1. The summed E-state index contributed by atoms with van der Waals surface area (Å²) in [5.74, 6) is 0.565. The zero-order valence-corrected chi connectivity index (χ0v) is 18.4. The molecule has 0 saturated heterocycles. The SMILES string of the molecule is O=c1[nH]nc2c3c(cc(F)cc13)NC(c1ccc3c(c1)OCCO3)C2c1ccnc2ccccc12. The van der Waals surface area contributed by atoms with Gasteiger partial charge in [-0.2, -0.15) is 5.10 Å². The summed E-state index contributed by atoms with van der Waals surface area (Å²) in [5, 5.41) is 12.5. The zero-order chi connectivity index (χ0) is 23.5. The molecule has 3 aromatic carbocycles. The first-order valence-electron chi connectivity index (χ1n) is 11.4. The van der Waals surface area contributed by atoms with Gasteiger partial charge in [0.15, 0.2) is 11.5 Å². The Hall–Kier alpha value is -4.46. The van der Waals surface area contributed by atoms with E-state index in [1.807, 2.05) is 48.5 Å². The third kappa shape index (κ3) is 3.06. The predicted molar refractivity (Wildman–Crippen MR) is 130 cm³/mol. The number of hydrogen-bond acceptors (Lipinski definition) is 6. The molecule has 0 amide bonds. The van der Waals surface area contributed by atoms with Gasteiger partial charge in [0.05, 0.1) is 28.6 Å². The van der Waals surface area contributed by atoms with Gasteiger partial charge in [0.1, 0.15) is 19.0 Å². The lowest BCUT2D eigenvalue weighted by molar-refractivity contribution is 0.171. The Kier molecular flexibility index (Phi) is 4.29. The Labute approximate surface area is 198 Å². The number of nitrogens with zero attached hydrogens (tertiary/aromatic N) is 2. The summed E-state index contributed by atoms with van der Waals surface area (Å²) in [5.41, 5.74) is 3.56. The summed E-state index contributed by atoms with van der Waals surface area (Å²) in [6, 6.07) is 18.1. The molecule has 0 fully saturated rings. The maximum atomic E-state index is 14.5. The van der Waals surface area contributed by atoms with Crippen molar-refractivity contribution in [1.29, 1.82) is 0 Å². The second-order valence-corrected chi connectivity index (χ2v) is 8.73. The molecule has 7 rings (SSSR count). The minimum absolute atomic E-state index is 0.265. The van der Waals surface area contributed by atoms with E-state index in [0.717, 1.165) is 22.0 Å². The van der Waals surface area contributed by atoms with E-state index < -0.39 is 11.4 Å². The van der Waals surface area contributed by atoms with Crippen LogP contribution in [0.5, 0.6) is 11.5 Å². The summed E-state index contributed by atoms with van der Waals surface area (Å²) >= 11 is 0. The van der Waals surface area contributed by atoms with Gasteiger partial charge in [-0.25, -0.2) is 9.49 Å². The van der Waals surface area contributed by atoms with Crippen molar-refractivity contribution in [2.45, 2.75) is 12.0 Å². The van der Waals surface area contributed by atoms with Crippen LogP contribution in [0.1, 0.15) is 28.8 Å². The number of halogens is 1. The number of rotatable bonds is 2. The molecule has 0 aliphatic carbocycles. The van der Waals surface area contributed by atoms with E-state index in [1.54, 1.807) is 6.20 Å². The van der Waals surface area contributed by atoms with Crippen molar-refractivity contribution in [3.8, 4) is 11.5 Å². The Bertz CT molecular complexity index is 1690. The highest BCUT2D eigenvalue weighted by Crippen LogP contribution is 2.49. The van der Waals surface area contributed by atoms with Gasteiger partial charge in [0.2, 0.25) is 0 Å². The zero-order valence-electron chi connectivity index (χ0n) is 18.4. The Morgan fingerprint density at radius 2 is 1.80 bits per heavy atom. The van der Waals surface area contributed by atoms with Crippen LogP contribution in [-0.4, -0.2) is 28.4 Å². The van der Waals surface area contributed by atoms with Gasteiger partial charge in [0.25, 0.3) is 5.56 Å². The molecule has 0 radical (unpaired) electrons. The van der Waals surface area contributed by atoms with E-state index in [4.69, 9.17) is 9.47 Å². The highest BCUT2D eigenvalue weighted by Gasteiger charge is 2.36. The van der Waals surface area contributed by atoms with Crippen LogP contribution in [0.25, 0.3) is 21.7 Å². The predicted octanol–water partition coefficient (Wildman–Crippen LogP) is 4.68. The van der Waals surface area contributed by atoms with Gasteiger partial charge in [-0.05, 0) is 47.5 Å². The van der Waals surface area contributed by atoms with E-state index >= 15 is 0 Å². The van der Waals surface area contributed by atoms with Gasteiger partial charge < -0.3 is 14.8 Å².